The van der Waals surface area contributed by atoms with E-state index in [4.69, 9.17) is 0 Å². The van der Waals surface area contributed by atoms with Crippen LogP contribution in [0.1, 0.15) is 19.3 Å². The zero-order valence-electron chi connectivity index (χ0n) is 6.18. The van der Waals surface area contributed by atoms with Gasteiger partial charge in [-0.1, -0.05) is 0 Å². The molecule has 0 spiro atoms. The fraction of sp³-hybridized carbons (Fsp3) is 0.714. The monoisotopic (exact) mass is 370 g/mol. The second-order valence-corrected chi connectivity index (χ2v) is 5.83. The maximum atomic E-state index is 2.53. The van der Waals surface area contributed by atoms with Crippen molar-refractivity contribution in [2.45, 2.75) is 28.1 Å². The Morgan fingerprint density at radius 3 is 2.44 bits per heavy atom. The van der Waals surface area contributed by atoms with Gasteiger partial charge in [0.2, 0.25) is 0 Å². The predicted octanol–water partition coefficient (Wildman–Crippen LogP) is 2.37. The van der Waals surface area contributed by atoms with Crippen LogP contribution in [0.2, 0.25) is 8.87 Å². The first-order valence-corrected chi connectivity index (χ1v) is 7.44. The van der Waals surface area contributed by atoms with Crippen LogP contribution in [0.5, 0.6) is 0 Å². The Balaban J connectivity index is 0. The van der Waals surface area contributed by atoms with Crippen LogP contribution in [0, 0.1) is 54.2 Å². The number of hydrogen-bond acceptors (Lipinski definition) is 0. The molecule has 54 valence electrons. The Morgan fingerprint density at radius 1 is 1.56 bits per heavy atom. The van der Waals surface area contributed by atoms with Gasteiger partial charge in [-0.05, 0) is 0 Å². The van der Waals surface area contributed by atoms with Gasteiger partial charge in [-0.3, -0.25) is 0 Å². The summed E-state index contributed by atoms with van der Waals surface area (Å²) in [7, 11) is 0. The first-order chi connectivity index (χ1) is 3.43. The fourth-order valence-corrected chi connectivity index (χ4v) is 3.59. The topological polar surface area (TPSA) is 0 Å². The average Bonchev–Trinajstić information content (AvgIpc) is 2.14. The zero-order chi connectivity index (χ0) is 5.11. The van der Waals surface area contributed by atoms with Crippen molar-refractivity contribution in [1.82, 2.24) is 0 Å². The maximum absolute atomic E-state index is 2.53. The fourth-order valence-electron chi connectivity index (χ4n) is 1.04. The van der Waals surface area contributed by atoms with Gasteiger partial charge in [0, 0.05) is 40.4 Å². The summed E-state index contributed by atoms with van der Waals surface area (Å²) >= 11 is 0.105. The summed E-state index contributed by atoms with van der Waals surface area (Å²) in [5.41, 5.74) is 0. The van der Waals surface area contributed by atoms with E-state index in [0.717, 1.165) is 3.93 Å². The van der Waals surface area contributed by atoms with Crippen molar-refractivity contribution >= 4 is 21.1 Å². The standard InChI is InChI=1S/C5H8.2CH3.Sm.Sn/c1-2-4-5-3-1;;;;/h1-2H,3-5H2;2*1H3;;/q-1;;-1;;. The molecule has 2 heteroatoms. The summed E-state index contributed by atoms with van der Waals surface area (Å²) in [6, 6.07) is 0. The minimum Gasteiger partial charge on any atom is 0 e. The molecule has 0 heterocycles. The van der Waals surface area contributed by atoms with Gasteiger partial charge in [-0.25, -0.2) is 0 Å². The largest absolute Gasteiger partial charge is 0 e. The third kappa shape index (κ3) is 5.41. The number of hydrogen-bond donors (Lipinski definition) is 0. The first-order valence-electron chi connectivity index (χ1n) is 2.94. The van der Waals surface area contributed by atoms with Crippen LogP contribution in [-0.4, -0.2) is 21.1 Å². The Labute approximate surface area is 102 Å². The molecule has 0 aliphatic heterocycles. The van der Waals surface area contributed by atoms with E-state index in [-0.39, 0.29) is 69.0 Å². The van der Waals surface area contributed by atoms with Gasteiger partial charge in [-0.15, -0.1) is 0 Å². The molecule has 0 aromatic carbocycles. The van der Waals surface area contributed by atoms with Crippen molar-refractivity contribution in [3.8, 4) is 0 Å². The minimum atomic E-state index is 0. The van der Waals surface area contributed by atoms with Crippen LogP contribution in [0.15, 0.2) is 0 Å². The molecule has 1 rings (SSSR count). The molecule has 0 N–H and O–H groups in total. The van der Waals surface area contributed by atoms with Gasteiger partial charge in [0.05, 0.1) is 0 Å². The van der Waals surface area contributed by atoms with Crippen LogP contribution in [0.3, 0.4) is 0 Å². The second kappa shape index (κ2) is 8.24. The predicted molar refractivity (Wildman–Crippen MR) is 39.9 cm³/mol. The summed E-state index contributed by atoms with van der Waals surface area (Å²) < 4.78 is 1.14. The van der Waals surface area contributed by atoms with Crippen molar-refractivity contribution in [2.75, 3.05) is 0 Å². The van der Waals surface area contributed by atoms with Crippen molar-refractivity contribution in [3.63, 3.8) is 0 Å². The molecule has 0 saturated heterocycles. The van der Waals surface area contributed by atoms with Gasteiger partial charge in [0.15, 0.2) is 0 Å². The molecule has 1 saturated carbocycles. The van der Waals surface area contributed by atoms with Gasteiger partial charge in [0.25, 0.3) is 0 Å². The normalized spacial score (nSPS) is 24.3. The molecular formula is C7H14SmSn-2. The molecule has 9 heavy (non-hydrogen) atoms. The van der Waals surface area contributed by atoms with Crippen LogP contribution >= 0.6 is 0 Å². The van der Waals surface area contributed by atoms with Gasteiger partial charge in [0.1, 0.15) is 0 Å². The Bertz CT molecular complexity index is 50.9. The number of rotatable bonds is 1. The summed E-state index contributed by atoms with van der Waals surface area (Å²) in [5, 5.41) is 0. The van der Waals surface area contributed by atoms with E-state index in [0.29, 0.717) is 0 Å². The smallest absolute Gasteiger partial charge is 0 e. The van der Waals surface area contributed by atoms with Crippen LogP contribution in [0.25, 0.3) is 0 Å². The summed E-state index contributed by atoms with van der Waals surface area (Å²) in [6.07, 6.45) is 6.97. The van der Waals surface area contributed by atoms with Gasteiger partial charge in [-0.2, -0.15) is 0 Å². The molecule has 0 aromatic rings. The second-order valence-electron chi connectivity index (χ2n) is 2.06. The summed E-state index contributed by atoms with van der Waals surface area (Å²) in [6.45, 7) is 0. The van der Waals surface area contributed by atoms with Crippen molar-refractivity contribution in [1.29, 1.82) is 0 Å². The average molecular weight is 367 g/mol. The molecule has 0 nitrogen and oxygen atoms in total. The van der Waals surface area contributed by atoms with E-state index >= 15 is 0 Å². The quantitative estimate of drug-likeness (QED) is 0.493. The van der Waals surface area contributed by atoms with Crippen molar-refractivity contribution < 1.29 is 40.4 Å². The molecule has 1 aliphatic rings. The van der Waals surface area contributed by atoms with Crippen LogP contribution < -0.4 is 0 Å². The summed E-state index contributed by atoms with van der Waals surface area (Å²) in [4.78, 5) is 2.44. The Kier molecular flexibility index (Phi) is 12.5. The summed E-state index contributed by atoms with van der Waals surface area (Å²) in [5.74, 6) is 0. The first kappa shape index (κ1) is 13.7. The van der Waals surface area contributed by atoms with Crippen molar-refractivity contribution in [2.24, 2.45) is 0 Å². The minimum absolute atomic E-state index is 0. The van der Waals surface area contributed by atoms with Crippen molar-refractivity contribution in [3.05, 3.63) is 13.8 Å². The molecule has 1 aliphatic carbocycles. The molecule has 2 radical (unpaired) electrons. The molecule has 0 amide bonds. The van der Waals surface area contributed by atoms with Crippen LogP contribution in [0.4, 0.5) is 0 Å². The Morgan fingerprint density at radius 2 is 2.22 bits per heavy atom. The molecule has 1 atom stereocenters. The third-order valence-corrected chi connectivity index (χ3v) is 5.15. The van der Waals surface area contributed by atoms with Crippen LogP contribution in [-0.2, 0) is 0 Å². The SMILES string of the molecule is [CH3-].[CH3][Sn][CH]1[CH-]CCC1.[Sm]. The van der Waals surface area contributed by atoms with E-state index < -0.39 is 0 Å². The third-order valence-electron chi connectivity index (χ3n) is 1.54. The van der Waals surface area contributed by atoms with E-state index in [9.17, 15) is 0 Å². The maximum Gasteiger partial charge on any atom is 0 e. The van der Waals surface area contributed by atoms with E-state index in [1.807, 2.05) is 0 Å². The van der Waals surface area contributed by atoms with E-state index in [1.54, 1.807) is 0 Å². The molecule has 1 fully saturated rings. The molecule has 0 bridgehead atoms. The zero-order valence-corrected chi connectivity index (χ0v) is 11.7. The van der Waals surface area contributed by atoms with E-state index in [2.05, 4.69) is 11.4 Å². The van der Waals surface area contributed by atoms with Gasteiger partial charge >= 0.3 is 55.7 Å². The molecule has 1 unspecified atom stereocenters. The van der Waals surface area contributed by atoms with E-state index in [1.165, 1.54) is 19.3 Å². The molecular weight excluding hydrogens is 353 g/mol. The van der Waals surface area contributed by atoms with Gasteiger partial charge < -0.3 is 7.43 Å². The molecule has 0 aromatic heterocycles. The Hall–Kier alpha value is 2.14.